The van der Waals surface area contributed by atoms with E-state index in [1.165, 1.54) is 12.4 Å². The van der Waals surface area contributed by atoms with Crippen LogP contribution in [0.2, 0.25) is 0 Å². The Labute approximate surface area is 153 Å². The lowest BCUT2D eigenvalue weighted by Gasteiger charge is -2.30. The van der Waals surface area contributed by atoms with Crippen molar-refractivity contribution in [2.45, 2.75) is 13.0 Å². The third-order valence-corrected chi connectivity index (χ3v) is 5.55. The number of rotatable bonds is 5. The zero-order chi connectivity index (χ0) is 18.0. The molecule has 2 aromatic rings. The lowest BCUT2D eigenvalue weighted by molar-refractivity contribution is 0.0545. The maximum atomic E-state index is 13.1. The number of halogens is 1. The molecular formula is C19H24FN5O. The maximum absolute atomic E-state index is 13.1. The molecule has 0 radical (unpaired) electrons. The number of nitrogens with zero attached hydrogens (tertiary/aromatic N) is 5. The largest absolute Gasteiger partial charge is 0.375 e. The molecule has 1 spiro atoms. The van der Waals surface area contributed by atoms with Crippen molar-refractivity contribution in [1.82, 2.24) is 19.9 Å². The molecule has 138 valence electrons. The molecule has 0 N–H and O–H groups in total. The molecular weight excluding hydrogens is 333 g/mol. The van der Waals surface area contributed by atoms with Gasteiger partial charge < -0.3 is 14.5 Å². The summed E-state index contributed by atoms with van der Waals surface area (Å²) in [6, 6.07) is 5.88. The van der Waals surface area contributed by atoms with E-state index in [-0.39, 0.29) is 5.41 Å². The summed E-state index contributed by atoms with van der Waals surface area (Å²) in [6.07, 6.45) is 5.35. The van der Waals surface area contributed by atoms with E-state index in [1.807, 2.05) is 18.2 Å². The predicted molar refractivity (Wildman–Crippen MR) is 96.1 cm³/mol. The Morgan fingerprint density at radius 1 is 1.23 bits per heavy atom. The molecule has 2 fully saturated rings. The Morgan fingerprint density at radius 2 is 2.08 bits per heavy atom. The van der Waals surface area contributed by atoms with Crippen molar-refractivity contribution < 1.29 is 9.13 Å². The summed E-state index contributed by atoms with van der Waals surface area (Å²) in [4.78, 5) is 17.2. The zero-order valence-corrected chi connectivity index (χ0v) is 15.0. The molecule has 0 bridgehead atoms. The highest BCUT2D eigenvalue weighted by atomic mass is 19.1. The van der Waals surface area contributed by atoms with Gasteiger partial charge in [0.1, 0.15) is 0 Å². The summed E-state index contributed by atoms with van der Waals surface area (Å²) in [5.74, 6) is 0.678. The highest BCUT2D eigenvalue weighted by Crippen LogP contribution is 2.44. The van der Waals surface area contributed by atoms with Gasteiger partial charge in [0.2, 0.25) is 5.95 Å². The first-order valence-corrected chi connectivity index (χ1v) is 9.03. The van der Waals surface area contributed by atoms with Crippen LogP contribution in [-0.2, 0) is 11.3 Å². The molecule has 0 aromatic carbocycles. The average molecular weight is 357 g/mol. The zero-order valence-electron chi connectivity index (χ0n) is 15.0. The first-order chi connectivity index (χ1) is 12.6. The fourth-order valence-corrected chi connectivity index (χ4v) is 4.32. The van der Waals surface area contributed by atoms with Crippen LogP contribution in [0.5, 0.6) is 0 Å². The number of hydrogen-bond donors (Lipinski definition) is 0. The van der Waals surface area contributed by atoms with Crippen molar-refractivity contribution in [3.63, 3.8) is 0 Å². The van der Waals surface area contributed by atoms with Gasteiger partial charge in [-0.25, -0.2) is 14.4 Å². The van der Waals surface area contributed by atoms with Crippen molar-refractivity contribution >= 4 is 5.95 Å². The van der Waals surface area contributed by atoms with Crippen LogP contribution < -0.4 is 4.90 Å². The number of pyridine rings is 1. The molecule has 2 atom stereocenters. The van der Waals surface area contributed by atoms with Crippen LogP contribution in [-0.4, -0.2) is 59.7 Å². The standard InChI is InChI=1S/C19H24FN5O/c1-24-10-15(11-26-12-17-4-2-3-6-21-17)19(13-24)5-7-25(14-19)18-22-8-16(20)9-23-18/h2-4,6,8-9,15H,5,7,10-14H2,1H3/t15-,19+/m1/s1. The van der Waals surface area contributed by atoms with Gasteiger partial charge in [-0.15, -0.1) is 0 Å². The Hall–Kier alpha value is -2.12. The Bertz CT molecular complexity index is 728. The summed E-state index contributed by atoms with van der Waals surface area (Å²) in [5.41, 5.74) is 1.14. The van der Waals surface area contributed by atoms with Gasteiger partial charge in [0.25, 0.3) is 0 Å². The van der Waals surface area contributed by atoms with Crippen molar-refractivity contribution in [2.24, 2.45) is 11.3 Å². The second-order valence-corrected chi connectivity index (χ2v) is 7.47. The van der Waals surface area contributed by atoms with Crippen molar-refractivity contribution in [2.75, 3.05) is 44.7 Å². The first-order valence-electron chi connectivity index (χ1n) is 9.03. The number of aromatic nitrogens is 3. The molecule has 2 aliphatic heterocycles. The summed E-state index contributed by atoms with van der Waals surface area (Å²) < 4.78 is 19.1. The van der Waals surface area contributed by atoms with E-state index in [2.05, 4.69) is 31.8 Å². The molecule has 0 saturated carbocycles. The highest BCUT2D eigenvalue weighted by molar-refractivity contribution is 5.32. The lowest BCUT2D eigenvalue weighted by Crippen LogP contribution is -2.36. The van der Waals surface area contributed by atoms with Crippen LogP contribution in [0.1, 0.15) is 12.1 Å². The molecule has 7 heteroatoms. The minimum atomic E-state index is -0.399. The quantitative estimate of drug-likeness (QED) is 0.816. The molecule has 2 saturated heterocycles. The van der Waals surface area contributed by atoms with Gasteiger partial charge in [0, 0.05) is 43.7 Å². The van der Waals surface area contributed by atoms with Gasteiger partial charge in [0.05, 0.1) is 31.3 Å². The van der Waals surface area contributed by atoms with E-state index >= 15 is 0 Å². The van der Waals surface area contributed by atoms with Crippen LogP contribution in [0.4, 0.5) is 10.3 Å². The lowest BCUT2D eigenvalue weighted by atomic mass is 9.77. The van der Waals surface area contributed by atoms with E-state index in [4.69, 9.17) is 4.74 Å². The van der Waals surface area contributed by atoms with E-state index in [0.29, 0.717) is 18.5 Å². The summed E-state index contributed by atoms with van der Waals surface area (Å²) in [5, 5.41) is 0. The average Bonchev–Trinajstić information content (AvgIpc) is 3.20. The van der Waals surface area contributed by atoms with E-state index in [9.17, 15) is 4.39 Å². The summed E-state index contributed by atoms with van der Waals surface area (Å²) in [6.45, 7) is 5.13. The molecule has 4 heterocycles. The number of ether oxygens (including phenoxy) is 1. The topological polar surface area (TPSA) is 54.4 Å². The van der Waals surface area contributed by atoms with E-state index < -0.39 is 5.82 Å². The molecule has 0 aliphatic carbocycles. The molecule has 0 amide bonds. The molecule has 2 aromatic heterocycles. The Kier molecular flexibility index (Phi) is 4.82. The second kappa shape index (κ2) is 7.25. The van der Waals surface area contributed by atoms with Crippen molar-refractivity contribution in [3.05, 3.63) is 48.3 Å². The minimum Gasteiger partial charge on any atom is -0.375 e. The van der Waals surface area contributed by atoms with Crippen LogP contribution in [0.25, 0.3) is 0 Å². The van der Waals surface area contributed by atoms with Crippen LogP contribution in [0, 0.1) is 17.2 Å². The predicted octanol–water partition coefficient (Wildman–Crippen LogP) is 1.99. The van der Waals surface area contributed by atoms with Crippen molar-refractivity contribution in [3.8, 4) is 0 Å². The van der Waals surface area contributed by atoms with Gasteiger partial charge in [-0.3, -0.25) is 4.98 Å². The van der Waals surface area contributed by atoms with Gasteiger partial charge in [-0.1, -0.05) is 6.07 Å². The SMILES string of the molecule is CN1C[C@H](COCc2ccccn2)[C@@]2(CCN(c3ncc(F)cn3)C2)C1. The summed E-state index contributed by atoms with van der Waals surface area (Å²) >= 11 is 0. The summed E-state index contributed by atoms with van der Waals surface area (Å²) in [7, 11) is 2.16. The van der Waals surface area contributed by atoms with E-state index in [1.54, 1.807) is 6.20 Å². The van der Waals surface area contributed by atoms with Crippen LogP contribution in [0.3, 0.4) is 0 Å². The molecule has 26 heavy (non-hydrogen) atoms. The smallest absolute Gasteiger partial charge is 0.225 e. The van der Waals surface area contributed by atoms with Gasteiger partial charge in [-0.05, 0) is 25.6 Å². The Balaban J connectivity index is 1.40. The second-order valence-electron chi connectivity index (χ2n) is 7.47. The Morgan fingerprint density at radius 3 is 2.85 bits per heavy atom. The number of likely N-dealkylation sites (tertiary alicyclic amines) is 1. The first kappa shape index (κ1) is 17.3. The molecule has 0 unspecified atom stereocenters. The molecule has 6 nitrogen and oxygen atoms in total. The molecule has 2 aliphatic rings. The number of hydrogen-bond acceptors (Lipinski definition) is 6. The van der Waals surface area contributed by atoms with Crippen LogP contribution >= 0.6 is 0 Å². The fourth-order valence-electron chi connectivity index (χ4n) is 4.32. The third-order valence-electron chi connectivity index (χ3n) is 5.55. The highest BCUT2D eigenvalue weighted by Gasteiger charge is 2.50. The third kappa shape index (κ3) is 3.54. The normalized spacial score (nSPS) is 26.1. The van der Waals surface area contributed by atoms with Crippen molar-refractivity contribution in [1.29, 1.82) is 0 Å². The molecule has 4 rings (SSSR count). The maximum Gasteiger partial charge on any atom is 0.225 e. The van der Waals surface area contributed by atoms with Gasteiger partial charge >= 0.3 is 0 Å². The van der Waals surface area contributed by atoms with Crippen LogP contribution in [0.15, 0.2) is 36.8 Å². The van der Waals surface area contributed by atoms with E-state index in [0.717, 1.165) is 44.9 Å². The number of anilines is 1. The monoisotopic (exact) mass is 357 g/mol. The fraction of sp³-hybridized carbons (Fsp3) is 0.526. The van der Waals surface area contributed by atoms with Gasteiger partial charge in [-0.2, -0.15) is 0 Å². The minimum absolute atomic E-state index is 0.177. The van der Waals surface area contributed by atoms with Gasteiger partial charge in [0.15, 0.2) is 5.82 Å².